The summed E-state index contributed by atoms with van der Waals surface area (Å²) in [5.41, 5.74) is -0.215. The molecule has 3 nitrogen and oxygen atoms in total. The van der Waals surface area contributed by atoms with Gasteiger partial charge in [-0.1, -0.05) is 57.9 Å². The lowest BCUT2D eigenvalue weighted by atomic mass is 9.80. The van der Waals surface area contributed by atoms with Crippen molar-refractivity contribution in [2.45, 2.75) is 90.5 Å². The van der Waals surface area contributed by atoms with Crippen LogP contribution in [0.25, 0.3) is 0 Å². The molecule has 0 aliphatic heterocycles. The van der Waals surface area contributed by atoms with Gasteiger partial charge in [0.15, 0.2) is 0 Å². The van der Waals surface area contributed by atoms with E-state index in [2.05, 4.69) is 6.92 Å². The van der Waals surface area contributed by atoms with E-state index < -0.39 is 18.4 Å². The van der Waals surface area contributed by atoms with Crippen molar-refractivity contribution in [2.24, 2.45) is 17.3 Å². The van der Waals surface area contributed by atoms with E-state index in [1.54, 1.807) is 6.08 Å². The summed E-state index contributed by atoms with van der Waals surface area (Å²) in [5.74, 6) is -0.481. The molecule has 3 N–H and O–H groups in total. The number of hydrogen-bond donors (Lipinski definition) is 3. The maximum absolute atomic E-state index is 14.3. The van der Waals surface area contributed by atoms with Crippen LogP contribution in [-0.2, 0) is 0 Å². The standard InChI is InChI=1S/C22H39FO3/c1-4-5-14-22(2,3)21(26)13-12-18-17(19(23)16-20(18)25)11-9-7-6-8-10-15-24/h7,9,12-13,17-21,24-26H,4-6,8,10-11,14-16H2,1-3H3/t17-,18-,19-,20-,21-/m1/s1. The van der Waals surface area contributed by atoms with Gasteiger partial charge in [0.05, 0.1) is 12.2 Å². The number of allylic oxidation sites excluding steroid dienone is 2. The molecule has 152 valence electrons. The molecule has 0 unspecified atom stereocenters. The van der Waals surface area contributed by atoms with E-state index in [-0.39, 0.29) is 30.3 Å². The second-order valence-electron chi connectivity index (χ2n) is 8.41. The third-order valence-corrected chi connectivity index (χ3v) is 5.71. The first kappa shape index (κ1) is 23.3. The van der Waals surface area contributed by atoms with E-state index in [4.69, 9.17) is 5.11 Å². The molecule has 0 heterocycles. The highest BCUT2D eigenvalue weighted by Crippen LogP contribution is 2.39. The average molecular weight is 371 g/mol. The van der Waals surface area contributed by atoms with E-state index in [0.29, 0.717) is 6.42 Å². The van der Waals surface area contributed by atoms with Gasteiger partial charge in [-0.25, -0.2) is 4.39 Å². The first-order valence-electron chi connectivity index (χ1n) is 10.3. The molecular formula is C22H39FO3. The molecule has 0 radical (unpaired) electrons. The van der Waals surface area contributed by atoms with Crippen LogP contribution in [0.3, 0.4) is 0 Å². The molecule has 0 aromatic heterocycles. The van der Waals surface area contributed by atoms with Gasteiger partial charge in [-0.3, -0.25) is 0 Å². The Balaban J connectivity index is 2.63. The van der Waals surface area contributed by atoms with Crippen molar-refractivity contribution in [3.63, 3.8) is 0 Å². The normalized spacial score (nSPS) is 28.4. The summed E-state index contributed by atoms with van der Waals surface area (Å²) in [6.45, 7) is 6.44. The molecule has 1 fully saturated rings. The fourth-order valence-electron chi connectivity index (χ4n) is 3.68. The second kappa shape index (κ2) is 11.9. The highest BCUT2D eigenvalue weighted by molar-refractivity contribution is 5.07. The van der Waals surface area contributed by atoms with Crippen LogP contribution in [0.1, 0.15) is 72.1 Å². The van der Waals surface area contributed by atoms with Crippen LogP contribution in [0.15, 0.2) is 24.3 Å². The van der Waals surface area contributed by atoms with Gasteiger partial charge < -0.3 is 15.3 Å². The first-order chi connectivity index (χ1) is 12.3. The van der Waals surface area contributed by atoms with E-state index in [9.17, 15) is 14.6 Å². The average Bonchev–Trinajstić information content (AvgIpc) is 2.87. The van der Waals surface area contributed by atoms with Gasteiger partial charge in [-0.2, -0.15) is 0 Å². The Hall–Kier alpha value is -0.710. The third kappa shape index (κ3) is 7.50. The summed E-state index contributed by atoms with van der Waals surface area (Å²) in [6.07, 6.45) is 11.8. The number of aliphatic hydroxyl groups excluding tert-OH is 3. The van der Waals surface area contributed by atoms with Crippen molar-refractivity contribution in [1.29, 1.82) is 0 Å². The predicted octanol–water partition coefficient (Wildman–Crippen LogP) is 4.56. The fraction of sp³-hybridized carbons (Fsp3) is 0.818. The summed E-state index contributed by atoms with van der Waals surface area (Å²) in [5, 5.41) is 29.5. The van der Waals surface area contributed by atoms with Gasteiger partial charge >= 0.3 is 0 Å². The van der Waals surface area contributed by atoms with Crippen molar-refractivity contribution in [3.8, 4) is 0 Å². The minimum Gasteiger partial charge on any atom is -0.396 e. The van der Waals surface area contributed by atoms with Crippen molar-refractivity contribution >= 4 is 0 Å². The van der Waals surface area contributed by atoms with Gasteiger partial charge in [-0.15, -0.1) is 0 Å². The number of halogens is 1. The van der Waals surface area contributed by atoms with Crippen LogP contribution < -0.4 is 0 Å². The van der Waals surface area contributed by atoms with Gasteiger partial charge in [0, 0.05) is 24.9 Å². The van der Waals surface area contributed by atoms with Gasteiger partial charge in [0.25, 0.3) is 0 Å². The lowest BCUT2D eigenvalue weighted by Gasteiger charge is -2.29. The highest BCUT2D eigenvalue weighted by Gasteiger charge is 2.41. The molecule has 0 saturated heterocycles. The Morgan fingerprint density at radius 3 is 2.58 bits per heavy atom. The molecule has 0 aromatic carbocycles. The Morgan fingerprint density at radius 2 is 1.92 bits per heavy atom. The quantitative estimate of drug-likeness (QED) is 0.348. The molecule has 1 aliphatic carbocycles. The number of alkyl halides is 1. The zero-order chi connectivity index (χ0) is 19.6. The molecule has 0 bridgehead atoms. The monoisotopic (exact) mass is 370 g/mol. The molecule has 1 aliphatic rings. The van der Waals surface area contributed by atoms with Crippen LogP contribution in [0, 0.1) is 17.3 Å². The summed E-state index contributed by atoms with van der Waals surface area (Å²) in [4.78, 5) is 0. The van der Waals surface area contributed by atoms with Crippen molar-refractivity contribution < 1.29 is 19.7 Å². The highest BCUT2D eigenvalue weighted by atomic mass is 19.1. The van der Waals surface area contributed by atoms with Crippen LogP contribution in [0.5, 0.6) is 0 Å². The van der Waals surface area contributed by atoms with Crippen LogP contribution >= 0.6 is 0 Å². The molecule has 5 atom stereocenters. The first-order valence-corrected chi connectivity index (χ1v) is 10.3. The number of aliphatic hydroxyl groups is 3. The van der Waals surface area contributed by atoms with E-state index in [0.717, 1.165) is 38.5 Å². The summed E-state index contributed by atoms with van der Waals surface area (Å²) in [7, 11) is 0. The summed E-state index contributed by atoms with van der Waals surface area (Å²) >= 11 is 0. The molecule has 0 spiro atoms. The minimum atomic E-state index is -1.01. The van der Waals surface area contributed by atoms with Gasteiger partial charge in [-0.05, 0) is 37.5 Å². The van der Waals surface area contributed by atoms with Crippen molar-refractivity contribution in [1.82, 2.24) is 0 Å². The molecular weight excluding hydrogens is 331 g/mol. The number of unbranched alkanes of at least 4 members (excludes halogenated alkanes) is 3. The van der Waals surface area contributed by atoms with E-state index >= 15 is 0 Å². The lowest BCUT2D eigenvalue weighted by Crippen LogP contribution is -2.28. The molecule has 0 aromatic rings. The van der Waals surface area contributed by atoms with Gasteiger partial charge in [0.1, 0.15) is 6.17 Å². The predicted molar refractivity (Wildman–Crippen MR) is 106 cm³/mol. The number of rotatable bonds is 12. The summed E-state index contributed by atoms with van der Waals surface area (Å²) in [6, 6.07) is 0. The topological polar surface area (TPSA) is 60.7 Å². The molecule has 0 amide bonds. The Kier molecular flexibility index (Phi) is 10.7. The Morgan fingerprint density at radius 1 is 1.19 bits per heavy atom. The largest absolute Gasteiger partial charge is 0.396 e. The van der Waals surface area contributed by atoms with Crippen LogP contribution in [0.2, 0.25) is 0 Å². The zero-order valence-electron chi connectivity index (χ0n) is 16.8. The Labute approximate surface area is 159 Å². The van der Waals surface area contributed by atoms with Gasteiger partial charge in [0.2, 0.25) is 0 Å². The molecule has 1 rings (SSSR count). The maximum atomic E-state index is 14.3. The zero-order valence-corrected chi connectivity index (χ0v) is 16.8. The smallest absolute Gasteiger partial charge is 0.106 e. The third-order valence-electron chi connectivity index (χ3n) is 5.71. The number of hydrogen-bond acceptors (Lipinski definition) is 3. The van der Waals surface area contributed by atoms with E-state index in [1.165, 1.54) is 0 Å². The van der Waals surface area contributed by atoms with Crippen LogP contribution in [-0.4, -0.2) is 40.3 Å². The van der Waals surface area contributed by atoms with E-state index in [1.807, 2.05) is 32.1 Å². The summed E-state index contributed by atoms with van der Waals surface area (Å²) < 4.78 is 14.3. The maximum Gasteiger partial charge on any atom is 0.106 e. The SMILES string of the molecule is CCCCC(C)(C)[C@H](O)C=C[C@@H]1[C@@H](CC=CCCCCO)[C@H](F)C[C@H]1O. The van der Waals surface area contributed by atoms with Crippen molar-refractivity contribution in [2.75, 3.05) is 6.61 Å². The van der Waals surface area contributed by atoms with Crippen molar-refractivity contribution in [3.05, 3.63) is 24.3 Å². The molecule has 26 heavy (non-hydrogen) atoms. The lowest BCUT2D eigenvalue weighted by molar-refractivity contribution is 0.0798. The molecule has 4 heteroatoms. The second-order valence-corrected chi connectivity index (χ2v) is 8.41. The molecule has 1 saturated carbocycles. The Bertz CT molecular complexity index is 433. The van der Waals surface area contributed by atoms with Crippen LogP contribution in [0.4, 0.5) is 4.39 Å². The fourth-order valence-corrected chi connectivity index (χ4v) is 3.68. The minimum absolute atomic E-state index is 0.174.